The first-order valence-electron chi connectivity index (χ1n) is 8.19. The van der Waals surface area contributed by atoms with Crippen molar-refractivity contribution in [3.05, 3.63) is 65.2 Å². The van der Waals surface area contributed by atoms with Crippen LogP contribution in [-0.2, 0) is 15.1 Å². The van der Waals surface area contributed by atoms with Crippen molar-refractivity contribution in [2.75, 3.05) is 0 Å². The lowest BCUT2D eigenvalue weighted by Crippen LogP contribution is -2.37. The van der Waals surface area contributed by atoms with Gasteiger partial charge < -0.3 is 4.74 Å². The summed E-state index contributed by atoms with van der Waals surface area (Å²) >= 11 is 0.938. The van der Waals surface area contributed by atoms with Crippen LogP contribution in [0.3, 0.4) is 0 Å². The molecule has 1 atom stereocenters. The van der Waals surface area contributed by atoms with E-state index in [0.717, 1.165) is 17.3 Å². The molecular formula is C20H19F3O2S. The van der Waals surface area contributed by atoms with E-state index in [9.17, 15) is 18.0 Å². The monoisotopic (exact) mass is 380 g/mol. The first-order valence-corrected chi connectivity index (χ1v) is 9.01. The molecule has 0 saturated heterocycles. The third-order valence-electron chi connectivity index (χ3n) is 4.26. The van der Waals surface area contributed by atoms with Crippen LogP contribution in [0, 0.1) is 0 Å². The lowest BCUT2D eigenvalue weighted by Gasteiger charge is -2.37. The summed E-state index contributed by atoms with van der Waals surface area (Å²) in [5, 5.41) is 0. The molecule has 0 radical (unpaired) electrons. The van der Waals surface area contributed by atoms with E-state index in [0.29, 0.717) is 16.0 Å². The Kier molecular flexibility index (Phi) is 4.59. The molecular weight excluding hydrogens is 361 g/mol. The summed E-state index contributed by atoms with van der Waals surface area (Å²) in [5.41, 5.74) is 1.49. The van der Waals surface area contributed by atoms with Crippen LogP contribution < -0.4 is 0 Å². The number of alkyl halides is 3. The highest BCUT2D eigenvalue weighted by molar-refractivity contribution is 8.00. The van der Waals surface area contributed by atoms with Gasteiger partial charge in [0.15, 0.2) is 4.93 Å². The number of cyclic esters (lactones) is 1. The van der Waals surface area contributed by atoms with Crippen molar-refractivity contribution in [2.24, 2.45) is 0 Å². The largest absolute Gasteiger partial charge is 0.439 e. The molecule has 1 unspecified atom stereocenters. The third kappa shape index (κ3) is 3.75. The van der Waals surface area contributed by atoms with E-state index in [4.69, 9.17) is 4.74 Å². The van der Waals surface area contributed by atoms with Crippen LogP contribution in [-0.4, -0.2) is 12.1 Å². The van der Waals surface area contributed by atoms with E-state index in [1.165, 1.54) is 0 Å². The van der Waals surface area contributed by atoms with Gasteiger partial charge in [0.2, 0.25) is 0 Å². The molecule has 3 rings (SSSR count). The minimum Gasteiger partial charge on any atom is -0.439 e. The summed E-state index contributed by atoms with van der Waals surface area (Å²) < 4.78 is 45.4. The van der Waals surface area contributed by atoms with Gasteiger partial charge >= 0.3 is 12.1 Å². The molecule has 2 aromatic carbocycles. The third-order valence-corrected chi connectivity index (χ3v) is 5.63. The van der Waals surface area contributed by atoms with Gasteiger partial charge in [0, 0.05) is 10.5 Å². The second kappa shape index (κ2) is 6.34. The highest BCUT2D eigenvalue weighted by Crippen LogP contribution is 2.53. The number of hydrogen-bond acceptors (Lipinski definition) is 3. The zero-order valence-corrected chi connectivity index (χ0v) is 15.5. The van der Waals surface area contributed by atoms with Crippen LogP contribution in [0.1, 0.15) is 48.7 Å². The van der Waals surface area contributed by atoms with Crippen molar-refractivity contribution in [3.63, 3.8) is 0 Å². The Hall–Kier alpha value is -1.95. The van der Waals surface area contributed by atoms with Gasteiger partial charge in [0.25, 0.3) is 0 Å². The zero-order chi connectivity index (χ0) is 19.2. The highest BCUT2D eigenvalue weighted by atomic mass is 32.2. The molecule has 0 bridgehead atoms. The number of carbonyl (C=O) groups is 1. The molecule has 1 aliphatic rings. The SMILES string of the molecule is CC(C)(C)c1ccc(C2(CC(F)(F)F)OC(=O)c3ccccc3S2)cc1. The Morgan fingerprint density at radius 3 is 2.19 bits per heavy atom. The molecule has 1 heterocycles. The van der Waals surface area contributed by atoms with Crippen LogP contribution in [0.4, 0.5) is 13.2 Å². The molecule has 0 N–H and O–H groups in total. The Bertz CT molecular complexity index is 822. The van der Waals surface area contributed by atoms with Crippen LogP contribution in [0.5, 0.6) is 0 Å². The van der Waals surface area contributed by atoms with Gasteiger partial charge in [-0.2, -0.15) is 13.2 Å². The lowest BCUT2D eigenvalue weighted by atomic mass is 9.86. The number of fused-ring (bicyclic) bond motifs is 1. The second-order valence-electron chi connectivity index (χ2n) is 7.36. The molecule has 0 amide bonds. The number of ether oxygens (including phenoxy) is 1. The number of hydrogen-bond donors (Lipinski definition) is 0. The van der Waals surface area contributed by atoms with Gasteiger partial charge in [0.05, 0.1) is 12.0 Å². The number of carbonyl (C=O) groups excluding carboxylic acids is 1. The maximum atomic E-state index is 13.3. The normalized spacial score (nSPS) is 20.5. The standard InChI is InChI=1S/C20H19F3O2S/c1-18(2,3)13-8-10-14(11-9-13)19(12-20(21,22)23)25-17(24)15-6-4-5-7-16(15)26-19/h4-11H,12H2,1-3H3. The van der Waals surface area contributed by atoms with Crippen molar-refractivity contribution in [3.8, 4) is 0 Å². The predicted molar refractivity (Wildman–Crippen MR) is 95.2 cm³/mol. The van der Waals surface area contributed by atoms with Crippen LogP contribution >= 0.6 is 11.8 Å². The first-order chi connectivity index (χ1) is 12.0. The Morgan fingerprint density at radius 1 is 1.00 bits per heavy atom. The molecule has 2 nitrogen and oxygen atoms in total. The summed E-state index contributed by atoms with van der Waals surface area (Å²) in [6, 6.07) is 13.4. The molecule has 0 aliphatic carbocycles. The van der Waals surface area contributed by atoms with Crippen molar-refractivity contribution in [1.82, 2.24) is 0 Å². The number of rotatable bonds is 2. The smallest absolute Gasteiger partial charge is 0.394 e. The molecule has 0 spiro atoms. The van der Waals surface area contributed by atoms with Gasteiger partial charge in [-0.15, -0.1) is 0 Å². The molecule has 0 fully saturated rings. The topological polar surface area (TPSA) is 26.3 Å². The summed E-state index contributed by atoms with van der Waals surface area (Å²) in [5.74, 6) is -0.733. The molecule has 2 aromatic rings. The maximum Gasteiger partial charge on any atom is 0.394 e. The summed E-state index contributed by atoms with van der Waals surface area (Å²) in [7, 11) is 0. The fourth-order valence-corrected chi connectivity index (χ4v) is 4.28. The van der Waals surface area contributed by atoms with Crippen LogP contribution in [0.2, 0.25) is 0 Å². The quantitative estimate of drug-likeness (QED) is 0.593. The van der Waals surface area contributed by atoms with E-state index >= 15 is 0 Å². The molecule has 0 saturated carbocycles. The van der Waals surface area contributed by atoms with Gasteiger partial charge in [-0.3, -0.25) is 0 Å². The molecule has 138 valence electrons. The second-order valence-corrected chi connectivity index (χ2v) is 8.66. The van der Waals surface area contributed by atoms with Crippen LogP contribution in [0.25, 0.3) is 0 Å². The number of esters is 1. The summed E-state index contributed by atoms with van der Waals surface area (Å²) in [6.45, 7) is 6.08. The van der Waals surface area contributed by atoms with Gasteiger partial charge in [-0.25, -0.2) is 4.79 Å². The average Bonchev–Trinajstić information content (AvgIpc) is 2.52. The van der Waals surface area contributed by atoms with Crippen LogP contribution in [0.15, 0.2) is 53.4 Å². The van der Waals surface area contributed by atoms with E-state index in [1.54, 1.807) is 48.5 Å². The van der Waals surface area contributed by atoms with E-state index < -0.39 is 23.5 Å². The summed E-state index contributed by atoms with van der Waals surface area (Å²) in [6.07, 6.45) is -5.73. The van der Waals surface area contributed by atoms with Crippen molar-refractivity contribution in [2.45, 2.75) is 48.6 Å². The lowest BCUT2D eigenvalue weighted by molar-refractivity contribution is -0.161. The Balaban J connectivity index is 2.08. The minimum absolute atomic E-state index is 0.126. The summed E-state index contributed by atoms with van der Waals surface area (Å²) in [4.78, 5) is 11.1. The maximum absolute atomic E-state index is 13.3. The van der Waals surface area contributed by atoms with Gasteiger partial charge in [-0.05, 0) is 23.1 Å². The highest BCUT2D eigenvalue weighted by Gasteiger charge is 2.50. The van der Waals surface area contributed by atoms with E-state index in [-0.39, 0.29) is 5.41 Å². The molecule has 6 heteroatoms. The van der Waals surface area contributed by atoms with Crippen molar-refractivity contribution in [1.29, 1.82) is 0 Å². The van der Waals surface area contributed by atoms with Gasteiger partial charge in [-0.1, -0.05) is 68.9 Å². The van der Waals surface area contributed by atoms with Gasteiger partial charge in [0.1, 0.15) is 0 Å². The number of halogens is 3. The molecule has 0 aromatic heterocycles. The zero-order valence-electron chi connectivity index (χ0n) is 14.7. The van der Waals surface area contributed by atoms with Crippen molar-refractivity contribution >= 4 is 17.7 Å². The predicted octanol–water partition coefficient (Wildman–Crippen LogP) is 6.05. The first kappa shape index (κ1) is 18.8. The number of thioether (sulfide) groups is 1. The van der Waals surface area contributed by atoms with E-state index in [1.807, 2.05) is 20.8 Å². The van der Waals surface area contributed by atoms with Crippen molar-refractivity contribution < 1.29 is 22.7 Å². The fourth-order valence-electron chi connectivity index (χ4n) is 2.91. The minimum atomic E-state index is -4.48. The van der Waals surface area contributed by atoms with E-state index in [2.05, 4.69) is 0 Å². The Labute approximate surface area is 154 Å². The fraction of sp³-hybridized carbons (Fsp3) is 0.350. The molecule has 26 heavy (non-hydrogen) atoms. The molecule has 1 aliphatic heterocycles. The number of benzene rings is 2. The average molecular weight is 380 g/mol. The Morgan fingerprint density at radius 2 is 1.62 bits per heavy atom.